The molecule has 5 nitrogen and oxygen atoms in total. The van der Waals surface area contributed by atoms with E-state index < -0.39 is 17.6 Å². The third kappa shape index (κ3) is 3.21. The number of hydrogen-bond acceptors (Lipinski definition) is 4. The standard InChI is InChI=1S/C12H9F2N3O2/c13-8-2-1-7(3-9(8)14)4-16-11-6-15-5-10(17-11)12(18)19/h1-3,5-6H,4H2,(H,16,17)(H,18,19). The van der Waals surface area contributed by atoms with Crippen LogP contribution in [-0.4, -0.2) is 21.0 Å². The van der Waals surface area contributed by atoms with E-state index in [-0.39, 0.29) is 18.1 Å². The number of halogens is 2. The predicted molar refractivity (Wildman–Crippen MR) is 62.7 cm³/mol. The summed E-state index contributed by atoms with van der Waals surface area (Å²) in [5.74, 6) is -2.81. The highest BCUT2D eigenvalue weighted by Crippen LogP contribution is 2.10. The first-order valence-electron chi connectivity index (χ1n) is 5.29. The molecule has 0 aliphatic heterocycles. The molecule has 19 heavy (non-hydrogen) atoms. The lowest BCUT2D eigenvalue weighted by atomic mass is 10.2. The third-order valence-corrected chi connectivity index (χ3v) is 2.31. The van der Waals surface area contributed by atoms with E-state index in [4.69, 9.17) is 5.11 Å². The molecule has 7 heteroatoms. The van der Waals surface area contributed by atoms with Gasteiger partial charge in [-0.15, -0.1) is 0 Å². The number of carbonyl (C=O) groups is 1. The second-order valence-electron chi connectivity index (χ2n) is 3.70. The van der Waals surface area contributed by atoms with E-state index in [2.05, 4.69) is 15.3 Å². The fraction of sp³-hybridized carbons (Fsp3) is 0.0833. The van der Waals surface area contributed by atoms with Crippen LogP contribution in [0, 0.1) is 11.6 Å². The number of nitrogens with zero attached hydrogens (tertiary/aromatic N) is 2. The van der Waals surface area contributed by atoms with Gasteiger partial charge in [-0.2, -0.15) is 0 Å². The van der Waals surface area contributed by atoms with Crippen molar-refractivity contribution < 1.29 is 18.7 Å². The second-order valence-corrected chi connectivity index (χ2v) is 3.70. The Morgan fingerprint density at radius 1 is 1.26 bits per heavy atom. The Hall–Kier alpha value is -2.57. The minimum absolute atomic E-state index is 0.176. The number of anilines is 1. The normalized spacial score (nSPS) is 10.2. The van der Waals surface area contributed by atoms with E-state index in [1.54, 1.807) is 0 Å². The topological polar surface area (TPSA) is 75.1 Å². The molecule has 98 valence electrons. The molecular formula is C12H9F2N3O2. The van der Waals surface area contributed by atoms with Gasteiger partial charge in [-0.05, 0) is 17.7 Å². The van der Waals surface area contributed by atoms with Crippen molar-refractivity contribution in [1.82, 2.24) is 9.97 Å². The fourth-order valence-electron chi connectivity index (χ4n) is 1.40. The minimum Gasteiger partial charge on any atom is -0.476 e. The third-order valence-electron chi connectivity index (χ3n) is 2.31. The first kappa shape index (κ1) is 12.9. The highest BCUT2D eigenvalue weighted by molar-refractivity contribution is 5.85. The summed E-state index contributed by atoms with van der Waals surface area (Å²) in [5, 5.41) is 11.5. The number of rotatable bonds is 4. The van der Waals surface area contributed by atoms with E-state index in [0.29, 0.717) is 5.56 Å². The molecule has 1 heterocycles. The van der Waals surface area contributed by atoms with Crippen molar-refractivity contribution in [1.29, 1.82) is 0 Å². The van der Waals surface area contributed by atoms with Gasteiger partial charge >= 0.3 is 5.97 Å². The summed E-state index contributed by atoms with van der Waals surface area (Å²) in [6, 6.07) is 3.49. The molecule has 2 aromatic rings. The highest BCUT2D eigenvalue weighted by Gasteiger charge is 2.06. The zero-order valence-electron chi connectivity index (χ0n) is 9.60. The summed E-state index contributed by atoms with van der Waals surface area (Å²) in [6.07, 6.45) is 2.46. The number of nitrogens with one attached hydrogen (secondary N) is 1. The molecule has 2 N–H and O–H groups in total. The largest absolute Gasteiger partial charge is 0.476 e. The van der Waals surface area contributed by atoms with Crippen LogP contribution in [0.4, 0.5) is 14.6 Å². The van der Waals surface area contributed by atoms with Crippen molar-refractivity contribution in [3.8, 4) is 0 Å². The molecule has 0 amide bonds. The Labute approximate surface area is 106 Å². The summed E-state index contributed by atoms with van der Waals surface area (Å²) in [6.45, 7) is 0.176. The van der Waals surface area contributed by atoms with Crippen LogP contribution in [0.5, 0.6) is 0 Å². The van der Waals surface area contributed by atoms with Gasteiger partial charge in [0, 0.05) is 6.54 Å². The predicted octanol–water partition coefficient (Wildman–Crippen LogP) is 2.07. The molecule has 0 radical (unpaired) electrons. The maximum absolute atomic E-state index is 13.0. The van der Waals surface area contributed by atoms with Gasteiger partial charge in [-0.1, -0.05) is 6.07 Å². The number of hydrogen-bond donors (Lipinski definition) is 2. The van der Waals surface area contributed by atoms with Crippen molar-refractivity contribution in [2.75, 3.05) is 5.32 Å². The average Bonchev–Trinajstić information content (AvgIpc) is 2.40. The Bertz CT molecular complexity index is 620. The monoisotopic (exact) mass is 265 g/mol. The van der Waals surface area contributed by atoms with Crippen molar-refractivity contribution >= 4 is 11.8 Å². The minimum atomic E-state index is -1.19. The Balaban J connectivity index is 2.07. The van der Waals surface area contributed by atoms with Crippen LogP contribution in [0.15, 0.2) is 30.6 Å². The van der Waals surface area contributed by atoms with Crippen LogP contribution in [0.2, 0.25) is 0 Å². The molecule has 0 unspecified atom stereocenters. The van der Waals surface area contributed by atoms with Gasteiger partial charge in [0.25, 0.3) is 0 Å². The number of carboxylic acids is 1. The molecule has 0 atom stereocenters. The van der Waals surface area contributed by atoms with Crippen molar-refractivity contribution in [3.63, 3.8) is 0 Å². The number of aromatic carboxylic acids is 1. The summed E-state index contributed by atoms with van der Waals surface area (Å²) in [4.78, 5) is 18.2. The molecule has 0 bridgehead atoms. The zero-order valence-corrected chi connectivity index (χ0v) is 9.60. The van der Waals surface area contributed by atoms with E-state index >= 15 is 0 Å². The molecule has 1 aromatic carbocycles. The van der Waals surface area contributed by atoms with Crippen LogP contribution >= 0.6 is 0 Å². The van der Waals surface area contributed by atoms with E-state index in [1.807, 2.05) is 0 Å². The van der Waals surface area contributed by atoms with Gasteiger partial charge in [0.15, 0.2) is 17.3 Å². The summed E-state index contributed by atoms with van der Waals surface area (Å²) in [7, 11) is 0. The Morgan fingerprint density at radius 2 is 2.05 bits per heavy atom. The van der Waals surface area contributed by atoms with Gasteiger partial charge in [-0.25, -0.2) is 18.6 Å². The first-order chi connectivity index (χ1) is 9.06. The van der Waals surface area contributed by atoms with Gasteiger partial charge in [-0.3, -0.25) is 4.98 Å². The second kappa shape index (κ2) is 5.38. The van der Waals surface area contributed by atoms with Gasteiger partial charge in [0.1, 0.15) is 5.82 Å². The van der Waals surface area contributed by atoms with Crippen LogP contribution in [0.25, 0.3) is 0 Å². The molecule has 0 aliphatic rings. The molecule has 2 rings (SSSR count). The van der Waals surface area contributed by atoms with E-state index in [0.717, 1.165) is 18.3 Å². The van der Waals surface area contributed by atoms with Crippen molar-refractivity contribution in [3.05, 3.63) is 53.5 Å². The zero-order chi connectivity index (χ0) is 13.8. The first-order valence-corrected chi connectivity index (χ1v) is 5.29. The maximum Gasteiger partial charge on any atom is 0.356 e. The molecule has 0 aliphatic carbocycles. The summed E-state index contributed by atoms with van der Waals surface area (Å²) < 4.78 is 25.7. The lowest BCUT2D eigenvalue weighted by Crippen LogP contribution is -2.07. The maximum atomic E-state index is 13.0. The highest BCUT2D eigenvalue weighted by atomic mass is 19.2. The molecular weight excluding hydrogens is 256 g/mol. The lowest BCUT2D eigenvalue weighted by molar-refractivity contribution is 0.0690. The molecule has 0 fully saturated rings. The Kier molecular flexibility index (Phi) is 3.65. The summed E-state index contributed by atoms with van der Waals surface area (Å²) in [5.41, 5.74) is 0.303. The smallest absolute Gasteiger partial charge is 0.356 e. The van der Waals surface area contributed by atoms with Crippen LogP contribution in [0.1, 0.15) is 16.1 Å². The summed E-state index contributed by atoms with van der Waals surface area (Å²) >= 11 is 0. The lowest BCUT2D eigenvalue weighted by Gasteiger charge is -2.06. The van der Waals surface area contributed by atoms with Gasteiger partial charge < -0.3 is 10.4 Å². The molecule has 0 saturated heterocycles. The number of aromatic nitrogens is 2. The molecule has 0 saturated carbocycles. The molecule has 1 aromatic heterocycles. The Morgan fingerprint density at radius 3 is 2.74 bits per heavy atom. The molecule has 0 spiro atoms. The number of benzene rings is 1. The van der Waals surface area contributed by atoms with Crippen LogP contribution in [-0.2, 0) is 6.54 Å². The average molecular weight is 265 g/mol. The van der Waals surface area contributed by atoms with Gasteiger partial charge in [0.05, 0.1) is 12.4 Å². The van der Waals surface area contributed by atoms with Crippen molar-refractivity contribution in [2.24, 2.45) is 0 Å². The van der Waals surface area contributed by atoms with E-state index in [1.165, 1.54) is 12.3 Å². The van der Waals surface area contributed by atoms with Crippen LogP contribution in [0.3, 0.4) is 0 Å². The number of carboxylic acid groups (broad SMARTS) is 1. The quantitative estimate of drug-likeness (QED) is 0.885. The SMILES string of the molecule is O=C(O)c1cncc(NCc2ccc(F)c(F)c2)n1. The van der Waals surface area contributed by atoms with E-state index in [9.17, 15) is 13.6 Å². The fourth-order valence-corrected chi connectivity index (χ4v) is 1.40. The van der Waals surface area contributed by atoms with Crippen molar-refractivity contribution in [2.45, 2.75) is 6.54 Å². The van der Waals surface area contributed by atoms with Crippen LogP contribution < -0.4 is 5.32 Å². The van der Waals surface area contributed by atoms with Gasteiger partial charge in [0.2, 0.25) is 0 Å².